The molecule has 1 heterocycles. The maximum absolute atomic E-state index is 13.4. The molecule has 3 amide bonds. The molecule has 142 valence electrons. The van der Waals surface area contributed by atoms with Crippen molar-refractivity contribution in [2.75, 3.05) is 4.90 Å². The third kappa shape index (κ3) is 2.82. The number of carbonyl (C=O) groups is 3. The molecule has 5 heteroatoms. The van der Waals surface area contributed by atoms with E-state index in [9.17, 15) is 14.4 Å². The molecule has 28 heavy (non-hydrogen) atoms. The van der Waals surface area contributed by atoms with E-state index in [4.69, 9.17) is 0 Å². The smallest absolute Gasteiger partial charge is 0.254 e. The van der Waals surface area contributed by atoms with Crippen molar-refractivity contribution in [1.82, 2.24) is 4.90 Å². The molecule has 5 rings (SSSR count). The Bertz CT molecular complexity index is 946. The molecule has 3 aliphatic rings. The van der Waals surface area contributed by atoms with Crippen LogP contribution in [0.25, 0.3) is 0 Å². The van der Waals surface area contributed by atoms with E-state index >= 15 is 0 Å². The van der Waals surface area contributed by atoms with E-state index in [0.717, 1.165) is 25.7 Å². The summed E-state index contributed by atoms with van der Waals surface area (Å²) >= 11 is 0. The van der Waals surface area contributed by atoms with Gasteiger partial charge in [-0.25, -0.2) is 0 Å². The van der Waals surface area contributed by atoms with E-state index < -0.39 is 0 Å². The first-order valence-electron chi connectivity index (χ1n) is 10.00. The number of anilines is 1. The van der Waals surface area contributed by atoms with E-state index in [-0.39, 0.29) is 36.6 Å². The van der Waals surface area contributed by atoms with Crippen LogP contribution < -0.4 is 4.90 Å². The molecular weight excluding hydrogens is 352 g/mol. The monoisotopic (exact) mass is 374 g/mol. The Morgan fingerprint density at radius 2 is 1.54 bits per heavy atom. The third-order valence-corrected chi connectivity index (χ3v) is 6.04. The molecule has 0 radical (unpaired) electrons. The first-order chi connectivity index (χ1) is 13.6. The summed E-state index contributed by atoms with van der Waals surface area (Å²) in [7, 11) is 0. The van der Waals surface area contributed by atoms with Crippen molar-refractivity contribution in [2.45, 2.75) is 50.6 Å². The summed E-state index contributed by atoms with van der Waals surface area (Å²) in [6.45, 7) is 0. The fourth-order valence-electron chi connectivity index (χ4n) is 4.50. The number of aryl methyl sites for hydroxylation is 1. The molecule has 0 bridgehead atoms. The Hall–Kier alpha value is -2.95. The predicted octanol–water partition coefficient (Wildman–Crippen LogP) is 3.63. The molecule has 0 aromatic heterocycles. The van der Waals surface area contributed by atoms with Crippen LogP contribution in [0, 0.1) is 0 Å². The highest BCUT2D eigenvalue weighted by Gasteiger charge is 2.40. The molecule has 1 saturated heterocycles. The normalized spacial score (nSPS) is 21.1. The molecule has 1 unspecified atom stereocenters. The molecule has 2 fully saturated rings. The second-order valence-electron chi connectivity index (χ2n) is 7.87. The summed E-state index contributed by atoms with van der Waals surface area (Å²) in [5.74, 6) is -0.313. The molecule has 2 aliphatic carbocycles. The maximum atomic E-state index is 13.4. The van der Waals surface area contributed by atoms with Gasteiger partial charge in [-0.15, -0.1) is 0 Å². The second-order valence-corrected chi connectivity index (χ2v) is 7.87. The first kappa shape index (κ1) is 17.2. The standard InChI is InChI=1S/C23H22N2O3/c26-21-13-14-22(27)25(21)18-8-5-16(6-9-18)23(28)24(17-10-11-17)20-12-7-15-3-1-2-4-19(15)20/h1-6,8-9,17,20H,7,10-14H2. The zero-order valence-electron chi connectivity index (χ0n) is 15.6. The van der Waals surface area contributed by atoms with E-state index in [1.54, 1.807) is 24.3 Å². The highest BCUT2D eigenvalue weighted by Crippen LogP contribution is 2.42. The number of carbonyl (C=O) groups excluding carboxylic acids is 3. The molecule has 1 atom stereocenters. The summed E-state index contributed by atoms with van der Waals surface area (Å²) in [5.41, 5.74) is 3.77. The van der Waals surface area contributed by atoms with E-state index in [1.807, 2.05) is 6.07 Å². The van der Waals surface area contributed by atoms with Gasteiger partial charge in [0.15, 0.2) is 0 Å². The molecule has 0 N–H and O–H groups in total. The van der Waals surface area contributed by atoms with Gasteiger partial charge in [-0.1, -0.05) is 24.3 Å². The zero-order chi connectivity index (χ0) is 19.3. The Morgan fingerprint density at radius 1 is 0.857 bits per heavy atom. The lowest BCUT2D eigenvalue weighted by molar-refractivity contribution is -0.121. The minimum Gasteiger partial charge on any atom is -0.329 e. The van der Waals surface area contributed by atoms with Crippen LogP contribution in [0.4, 0.5) is 5.69 Å². The highest BCUT2D eigenvalue weighted by molar-refractivity contribution is 6.19. The van der Waals surface area contributed by atoms with Gasteiger partial charge >= 0.3 is 0 Å². The van der Waals surface area contributed by atoms with Gasteiger partial charge in [-0.05, 0) is 61.1 Å². The van der Waals surface area contributed by atoms with Gasteiger partial charge in [0.05, 0.1) is 11.7 Å². The fraction of sp³-hybridized carbons (Fsp3) is 0.348. The lowest BCUT2D eigenvalue weighted by atomic mass is 10.0. The van der Waals surface area contributed by atoms with Gasteiger partial charge in [-0.2, -0.15) is 0 Å². The largest absolute Gasteiger partial charge is 0.329 e. The lowest BCUT2D eigenvalue weighted by Gasteiger charge is -2.30. The van der Waals surface area contributed by atoms with Crippen molar-refractivity contribution in [3.63, 3.8) is 0 Å². The minimum atomic E-state index is -0.175. The van der Waals surface area contributed by atoms with Crippen LogP contribution in [0.1, 0.15) is 59.6 Å². The Kier molecular flexibility index (Phi) is 4.04. The van der Waals surface area contributed by atoms with Crippen molar-refractivity contribution < 1.29 is 14.4 Å². The number of nitrogens with zero attached hydrogens (tertiary/aromatic N) is 2. The SMILES string of the molecule is O=C1CCC(=O)N1c1ccc(C(=O)N(C2CC2)C2CCc3ccccc32)cc1. The van der Waals surface area contributed by atoms with Crippen molar-refractivity contribution in [3.8, 4) is 0 Å². The first-order valence-corrected chi connectivity index (χ1v) is 10.00. The van der Waals surface area contributed by atoms with Gasteiger partial charge in [0, 0.05) is 24.4 Å². The number of imide groups is 1. The quantitative estimate of drug-likeness (QED) is 0.768. The molecule has 0 spiro atoms. The Labute approximate surface area is 163 Å². The second kappa shape index (κ2) is 6.59. The lowest BCUT2D eigenvalue weighted by Crippen LogP contribution is -2.36. The summed E-state index contributed by atoms with van der Waals surface area (Å²) in [4.78, 5) is 40.5. The number of rotatable bonds is 4. The highest BCUT2D eigenvalue weighted by atomic mass is 16.2. The number of fused-ring (bicyclic) bond motifs is 1. The zero-order valence-corrected chi connectivity index (χ0v) is 15.6. The van der Waals surface area contributed by atoms with Crippen molar-refractivity contribution in [2.24, 2.45) is 0 Å². The average molecular weight is 374 g/mol. The van der Waals surface area contributed by atoms with Gasteiger partial charge in [-0.3, -0.25) is 19.3 Å². The van der Waals surface area contributed by atoms with Crippen molar-refractivity contribution in [1.29, 1.82) is 0 Å². The van der Waals surface area contributed by atoms with Gasteiger partial charge in [0.2, 0.25) is 11.8 Å². The van der Waals surface area contributed by atoms with Crippen LogP contribution in [-0.2, 0) is 16.0 Å². The van der Waals surface area contributed by atoms with Gasteiger partial charge in [0.25, 0.3) is 5.91 Å². The average Bonchev–Trinajstić information content (AvgIpc) is 3.37. The van der Waals surface area contributed by atoms with Crippen LogP contribution in [0.15, 0.2) is 48.5 Å². The van der Waals surface area contributed by atoms with Gasteiger partial charge in [0.1, 0.15) is 0 Å². The molecular formula is C23H22N2O3. The number of hydrogen-bond donors (Lipinski definition) is 0. The number of hydrogen-bond acceptors (Lipinski definition) is 3. The summed E-state index contributed by atoms with van der Waals surface area (Å²) in [5, 5.41) is 0. The topological polar surface area (TPSA) is 57.7 Å². The number of benzene rings is 2. The van der Waals surface area contributed by atoms with E-state index in [0.29, 0.717) is 17.3 Å². The Morgan fingerprint density at radius 3 is 2.21 bits per heavy atom. The molecule has 1 aliphatic heterocycles. The molecule has 1 saturated carbocycles. The summed E-state index contributed by atoms with van der Waals surface area (Å²) in [6, 6.07) is 15.8. The minimum absolute atomic E-state index is 0.0369. The van der Waals surface area contributed by atoms with E-state index in [2.05, 4.69) is 23.1 Å². The van der Waals surface area contributed by atoms with Crippen LogP contribution in [0.2, 0.25) is 0 Å². The van der Waals surface area contributed by atoms with Crippen molar-refractivity contribution >= 4 is 23.4 Å². The van der Waals surface area contributed by atoms with Gasteiger partial charge < -0.3 is 4.90 Å². The molecule has 2 aromatic carbocycles. The molecule has 2 aromatic rings. The summed E-state index contributed by atoms with van der Waals surface area (Å²) in [6.07, 6.45) is 4.61. The predicted molar refractivity (Wildman–Crippen MR) is 105 cm³/mol. The van der Waals surface area contributed by atoms with Crippen LogP contribution in [-0.4, -0.2) is 28.7 Å². The number of amides is 3. The van der Waals surface area contributed by atoms with E-state index in [1.165, 1.54) is 16.0 Å². The maximum Gasteiger partial charge on any atom is 0.254 e. The Balaban J connectivity index is 1.42. The fourth-order valence-corrected chi connectivity index (χ4v) is 4.50. The molecule has 5 nitrogen and oxygen atoms in total. The van der Waals surface area contributed by atoms with Crippen LogP contribution in [0.3, 0.4) is 0 Å². The van der Waals surface area contributed by atoms with Crippen LogP contribution >= 0.6 is 0 Å². The third-order valence-electron chi connectivity index (χ3n) is 6.04. The summed E-state index contributed by atoms with van der Waals surface area (Å²) < 4.78 is 0. The van der Waals surface area contributed by atoms with Crippen LogP contribution in [0.5, 0.6) is 0 Å². The van der Waals surface area contributed by atoms with Crippen molar-refractivity contribution in [3.05, 3.63) is 65.2 Å².